The molecule has 0 amide bonds. The summed E-state index contributed by atoms with van der Waals surface area (Å²) < 4.78 is 5.34. The third kappa shape index (κ3) is 2.63. The lowest BCUT2D eigenvalue weighted by molar-refractivity contribution is 0.108. The number of hydrogen-bond donors (Lipinski definition) is 2. The van der Waals surface area contributed by atoms with Crippen LogP contribution < -0.4 is 11.1 Å². The number of anilines is 2. The maximum absolute atomic E-state index is 5.72. The van der Waals surface area contributed by atoms with E-state index in [9.17, 15) is 0 Å². The highest BCUT2D eigenvalue weighted by molar-refractivity contribution is 5.54. The van der Waals surface area contributed by atoms with Gasteiger partial charge in [-0.3, -0.25) is 0 Å². The summed E-state index contributed by atoms with van der Waals surface area (Å²) in [4.78, 5) is 0. The smallest absolute Gasteiger partial charge is 0.0591 e. The van der Waals surface area contributed by atoms with Crippen molar-refractivity contribution in [1.82, 2.24) is 0 Å². The molecule has 0 spiro atoms. The fourth-order valence-electron chi connectivity index (χ4n) is 2.15. The van der Waals surface area contributed by atoms with Gasteiger partial charge < -0.3 is 15.8 Å². The molecule has 1 saturated carbocycles. The molecule has 1 aliphatic rings. The maximum atomic E-state index is 5.72. The van der Waals surface area contributed by atoms with Crippen molar-refractivity contribution in [2.75, 3.05) is 18.2 Å². The summed E-state index contributed by atoms with van der Waals surface area (Å²) in [5, 5.41) is 3.49. The molecule has 0 saturated heterocycles. The van der Waals surface area contributed by atoms with Gasteiger partial charge in [-0.25, -0.2) is 0 Å². The highest BCUT2D eigenvalue weighted by Gasteiger charge is 2.23. The minimum Gasteiger partial charge on any atom is -0.399 e. The predicted molar refractivity (Wildman–Crippen MR) is 62.9 cm³/mol. The van der Waals surface area contributed by atoms with Crippen molar-refractivity contribution in [1.29, 1.82) is 0 Å². The topological polar surface area (TPSA) is 47.3 Å². The number of methoxy groups -OCH3 is 1. The summed E-state index contributed by atoms with van der Waals surface area (Å²) in [6, 6.07) is 8.42. The van der Waals surface area contributed by atoms with Gasteiger partial charge in [-0.1, -0.05) is 6.07 Å². The zero-order valence-electron chi connectivity index (χ0n) is 9.07. The number of ether oxygens (including phenoxy) is 1. The Morgan fingerprint density at radius 2 is 2.27 bits per heavy atom. The molecule has 82 valence electrons. The SMILES string of the molecule is COC1CCC(Nc2cccc(N)c2)C1. The van der Waals surface area contributed by atoms with Crippen LogP contribution in [0.25, 0.3) is 0 Å². The first kappa shape index (κ1) is 10.3. The fourth-order valence-corrected chi connectivity index (χ4v) is 2.15. The molecule has 1 aromatic carbocycles. The zero-order valence-corrected chi connectivity index (χ0v) is 9.07. The van der Waals surface area contributed by atoms with Crippen molar-refractivity contribution in [2.24, 2.45) is 0 Å². The van der Waals surface area contributed by atoms with Crippen LogP contribution >= 0.6 is 0 Å². The molecule has 2 atom stereocenters. The van der Waals surface area contributed by atoms with Gasteiger partial charge in [0.1, 0.15) is 0 Å². The number of nitrogens with one attached hydrogen (secondary N) is 1. The number of benzene rings is 1. The van der Waals surface area contributed by atoms with E-state index >= 15 is 0 Å². The maximum Gasteiger partial charge on any atom is 0.0591 e. The van der Waals surface area contributed by atoms with Crippen molar-refractivity contribution in [3.05, 3.63) is 24.3 Å². The molecule has 0 aliphatic heterocycles. The molecule has 1 aliphatic carbocycles. The third-order valence-electron chi connectivity index (χ3n) is 2.98. The molecule has 0 bridgehead atoms. The number of nitrogen functional groups attached to an aromatic ring is 1. The molecule has 1 fully saturated rings. The molecule has 0 heterocycles. The molecule has 15 heavy (non-hydrogen) atoms. The van der Waals surface area contributed by atoms with Crippen molar-refractivity contribution in [3.63, 3.8) is 0 Å². The summed E-state index contributed by atoms with van der Waals surface area (Å²) in [7, 11) is 1.79. The van der Waals surface area contributed by atoms with Gasteiger partial charge >= 0.3 is 0 Å². The molecular formula is C12H18N2O. The lowest BCUT2D eigenvalue weighted by Gasteiger charge is -2.14. The summed E-state index contributed by atoms with van der Waals surface area (Å²) in [5.41, 5.74) is 7.64. The number of hydrogen-bond acceptors (Lipinski definition) is 3. The largest absolute Gasteiger partial charge is 0.399 e. The molecule has 3 N–H and O–H groups in total. The van der Waals surface area contributed by atoms with Crippen molar-refractivity contribution in [2.45, 2.75) is 31.4 Å². The van der Waals surface area contributed by atoms with Gasteiger partial charge in [-0.2, -0.15) is 0 Å². The second-order valence-electron chi connectivity index (χ2n) is 4.14. The van der Waals surface area contributed by atoms with E-state index in [1.807, 2.05) is 18.2 Å². The van der Waals surface area contributed by atoms with Crippen LogP contribution in [0.3, 0.4) is 0 Å². The Bertz CT molecular complexity index is 327. The molecule has 2 rings (SSSR count). The van der Waals surface area contributed by atoms with Gasteiger partial charge in [0.15, 0.2) is 0 Å². The van der Waals surface area contributed by atoms with Gasteiger partial charge in [0.25, 0.3) is 0 Å². The van der Waals surface area contributed by atoms with Crippen molar-refractivity contribution < 1.29 is 4.74 Å². The normalized spacial score (nSPS) is 25.4. The molecule has 0 radical (unpaired) electrons. The summed E-state index contributed by atoms with van der Waals surface area (Å²) in [6.45, 7) is 0. The zero-order chi connectivity index (χ0) is 10.7. The van der Waals surface area contributed by atoms with E-state index < -0.39 is 0 Å². The molecule has 3 nitrogen and oxygen atoms in total. The van der Waals surface area contributed by atoms with E-state index in [2.05, 4.69) is 11.4 Å². The Kier molecular flexibility index (Phi) is 3.11. The summed E-state index contributed by atoms with van der Waals surface area (Å²) in [5.74, 6) is 0. The van der Waals surface area contributed by atoms with Crippen LogP contribution in [0.4, 0.5) is 11.4 Å². The standard InChI is InChI=1S/C12H18N2O/c1-15-12-6-5-11(8-12)14-10-4-2-3-9(13)7-10/h2-4,7,11-12,14H,5-6,8,13H2,1H3. The number of nitrogens with two attached hydrogens (primary N) is 1. The van der Waals surface area contributed by atoms with Crippen molar-refractivity contribution >= 4 is 11.4 Å². The van der Waals surface area contributed by atoms with Crippen LogP contribution in [-0.4, -0.2) is 19.3 Å². The predicted octanol–water partition coefficient (Wildman–Crippen LogP) is 2.25. The molecule has 0 aromatic heterocycles. The number of rotatable bonds is 3. The summed E-state index contributed by atoms with van der Waals surface area (Å²) in [6.07, 6.45) is 3.83. The average molecular weight is 206 g/mol. The Labute approximate surface area is 90.6 Å². The third-order valence-corrected chi connectivity index (χ3v) is 2.98. The van der Waals surface area contributed by atoms with Gasteiger partial charge in [0.05, 0.1) is 6.10 Å². The van der Waals surface area contributed by atoms with E-state index in [4.69, 9.17) is 10.5 Å². The first-order chi connectivity index (χ1) is 7.28. The Morgan fingerprint density at radius 1 is 1.40 bits per heavy atom. The highest BCUT2D eigenvalue weighted by atomic mass is 16.5. The van der Waals surface area contributed by atoms with Crippen LogP contribution in [-0.2, 0) is 4.74 Å². The fraction of sp³-hybridized carbons (Fsp3) is 0.500. The molecule has 3 heteroatoms. The quantitative estimate of drug-likeness (QED) is 0.746. The second kappa shape index (κ2) is 4.53. The van der Waals surface area contributed by atoms with E-state index in [0.717, 1.165) is 24.2 Å². The van der Waals surface area contributed by atoms with Crippen molar-refractivity contribution in [3.8, 4) is 0 Å². The minimum atomic E-state index is 0.420. The molecule has 1 aromatic rings. The average Bonchev–Trinajstić information content (AvgIpc) is 2.65. The van der Waals surface area contributed by atoms with Crippen LogP contribution in [0, 0.1) is 0 Å². The Balaban J connectivity index is 1.92. The molecule has 2 unspecified atom stereocenters. The lowest BCUT2D eigenvalue weighted by Crippen LogP contribution is -2.17. The summed E-state index contributed by atoms with van der Waals surface area (Å²) >= 11 is 0. The first-order valence-electron chi connectivity index (χ1n) is 5.43. The van der Waals surface area contributed by atoms with Crippen LogP contribution in [0.2, 0.25) is 0 Å². The van der Waals surface area contributed by atoms with Crippen LogP contribution in [0.1, 0.15) is 19.3 Å². The van der Waals surface area contributed by atoms with Gasteiger partial charge in [0.2, 0.25) is 0 Å². The monoisotopic (exact) mass is 206 g/mol. The van der Waals surface area contributed by atoms with Crippen LogP contribution in [0.15, 0.2) is 24.3 Å². The van der Waals surface area contributed by atoms with E-state index in [0.29, 0.717) is 12.1 Å². The van der Waals surface area contributed by atoms with Gasteiger partial charge in [0, 0.05) is 24.5 Å². The first-order valence-corrected chi connectivity index (χ1v) is 5.43. The van der Waals surface area contributed by atoms with Gasteiger partial charge in [-0.05, 0) is 37.5 Å². The van der Waals surface area contributed by atoms with Gasteiger partial charge in [-0.15, -0.1) is 0 Å². The highest BCUT2D eigenvalue weighted by Crippen LogP contribution is 2.25. The minimum absolute atomic E-state index is 0.420. The Morgan fingerprint density at radius 3 is 2.93 bits per heavy atom. The van der Waals surface area contributed by atoms with E-state index in [-0.39, 0.29) is 0 Å². The Hall–Kier alpha value is -1.22. The lowest BCUT2D eigenvalue weighted by atomic mass is 10.2. The second-order valence-corrected chi connectivity index (χ2v) is 4.14. The molecular weight excluding hydrogens is 188 g/mol. The van der Waals surface area contributed by atoms with E-state index in [1.165, 1.54) is 6.42 Å². The van der Waals surface area contributed by atoms with Crippen LogP contribution in [0.5, 0.6) is 0 Å². The van der Waals surface area contributed by atoms with E-state index in [1.54, 1.807) is 7.11 Å².